The van der Waals surface area contributed by atoms with Gasteiger partial charge in [-0.15, -0.1) is 0 Å². The molecule has 1 amide bonds. The summed E-state index contributed by atoms with van der Waals surface area (Å²) in [6.45, 7) is 1.81. The molecule has 3 N–H and O–H groups in total. The number of pyridine rings is 1. The number of nitrogens with one attached hydrogen (secondary N) is 2. The molecule has 2 aromatic heterocycles. The first kappa shape index (κ1) is 14.8. The number of aromatic nitrogens is 2. The van der Waals surface area contributed by atoms with E-state index in [2.05, 4.69) is 15.3 Å². The highest BCUT2D eigenvalue weighted by Gasteiger charge is 2.19. The lowest BCUT2D eigenvalue weighted by atomic mass is 10.1. The summed E-state index contributed by atoms with van der Waals surface area (Å²) in [5, 5.41) is 12.5. The van der Waals surface area contributed by atoms with Crippen LogP contribution in [0.25, 0.3) is 11.0 Å². The van der Waals surface area contributed by atoms with Crippen molar-refractivity contribution in [1.29, 1.82) is 0 Å². The Morgan fingerprint density at radius 2 is 2.33 bits per heavy atom. The SMILES string of the molecule is C/C=C/CC(NC(=O)Cc1c[nH]c2ncccc12)C(=O)O. The van der Waals surface area contributed by atoms with E-state index in [1.165, 1.54) is 0 Å². The van der Waals surface area contributed by atoms with Gasteiger partial charge in [0.15, 0.2) is 0 Å². The lowest BCUT2D eigenvalue weighted by Gasteiger charge is -2.12. The molecule has 2 rings (SSSR count). The quantitative estimate of drug-likeness (QED) is 0.704. The first-order valence-electron chi connectivity index (χ1n) is 6.66. The fourth-order valence-electron chi connectivity index (χ4n) is 2.07. The fourth-order valence-corrected chi connectivity index (χ4v) is 2.07. The predicted octanol–water partition coefficient (Wildman–Crippen LogP) is 1.64. The van der Waals surface area contributed by atoms with E-state index in [1.807, 2.05) is 6.07 Å². The molecule has 0 fully saturated rings. The summed E-state index contributed by atoms with van der Waals surface area (Å²) in [4.78, 5) is 30.2. The maximum atomic E-state index is 12.0. The van der Waals surface area contributed by atoms with Crippen LogP contribution in [0.5, 0.6) is 0 Å². The average molecular weight is 287 g/mol. The summed E-state index contributed by atoms with van der Waals surface area (Å²) >= 11 is 0. The van der Waals surface area contributed by atoms with Crippen LogP contribution >= 0.6 is 0 Å². The summed E-state index contributed by atoms with van der Waals surface area (Å²) in [7, 11) is 0. The molecule has 0 saturated carbocycles. The van der Waals surface area contributed by atoms with Crippen LogP contribution in [0.2, 0.25) is 0 Å². The van der Waals surface area contributed by atoms with Crippen molar-refractivity contribution in [3.8, 4) is 0 Å². The maximum absolute atomic E-state index is 12.0. The molecule has 2 aromatic rings. The molecule has 1 unspecified atom stereocenters. The van der Waals surface area contributed by atoms with E-state index in [-0.39, 0.29) is 18.7 Å². The number of allylic oxidation sites excluding steroid dienone is 1. The number of carboxylic acid groups (broad SMARTS) is 1. The molecule has 0 aliphatic rings. The standard InChI is InChI=1S/C15H17N3O3/c1-2-3-6-12(15(20)21)18-13(19)8-10-9-17-14-11(10)5-4-7-16-14/h2-5,7,9,12H,6,8H2,1H3,(H,16,17)(H,18,19)(H,20,21)/b3-2+. The molecule has 0 radical (unpaired) electrons. The first-order chi connectivity index (χ1) is 10.1. The Morgan fingerprint density at radius 1 is 1.52 bits per heavy atom. The minimum Gasteiger partial charge on any atom is -0.480 e. The molecule has 6 nitrogen and oxygen atoms in total. The third-order valence-electron chi connectivity index (χ3n) is 3.13. The minimum absolute atomic E-state index is 0.116. The normalized spacial score (nSPS) is 12.6. The van der Waals surface area contributed by atoms with Gasteiger partial charge < -0.3 is 15.4 Å². The number of carbonyl (C=O) groups is 2. The molecule has 110 valence electrons. The van der Waals surface area contributed by atoms with Crippen LogP contribution in [0.4, 0.5) is 0 Å². The second-order valence-electron chi connectivity index (χ2n) is 4.65. The van der Waals surface area contributed by atoms with Gasteiger partial charge in [-0.3, -0.25) is 4.79 Å². The van der Waals surface area contributed by atoms with Crippen molar-refractivity contribution in [2.75, 3.05) is 0 Å². The van der Waals surface area contributed by atoms with Gasteiger partial charge in [0.2, 0.25) is 5.91 Å². The van der Waals surface area contributed by atoms with Gasteiger partial charge in [-0.05, 0) is 31.0 Å². The lowest BCUT2D eigenvalue weighted by molar-refractivity contribution is -0.141. The van der Waals surface area contributed by atoms with Crippen molar-refractivity contribution < 1.29 is 14.7 Å². The zero-order chi connectivity index (χ0) is 15.2. The van der Waals surface area contributed by atoms with E-state index in [1.54, 1.807) is 37.5 Å². The monoisotopic (exact) mass is 287 g/mol. The van der Waals surface area contributed by atoms with Crippen molar-refractivity contribution in [3.63, 3.8) is 0 Å². The third kappa shape index (κ3) is 3.68. The van der Waals surface area contributed by atoms with Crippen LogP contribution in [0.3, 0.4) is 0 Å². The summed E-state index contributed by atoms with van der Waals surface area (Å²) < 4.78 is 0. The van der Waals surface area contributed by atoms with Gasteiger partial charge in [0.1, 0.15) is 11.7 Å². The summed E-state index contributed by atoms with van der Waals surface area (Å²) in [6.07, 6.45) is 7.25. The molecular weight excluding hydrogens is 270 g/mol. The fraction of sp³-hybridized carbons (Fsp3) is 0.267. The number of H-pyrrole nitrogens is 1. The zero-order valence-electron chi connectivity index (χ0n) is 11.7. The Kier molecular flexibility index (Phi) is 4.71. The van der Waals surface area contributed by atoms with E-state index >= 15 is 0 Å². The second kappa shape index (κ2) is 6.69. The van der Waals surface area contributed by atoms with Crippen molar-refractivity contribution in [3.05, 3.63) is 42.2 Å². The number of aromatic amines is 1. The van der Waals surface area contributed by atoms with Crippen LogP contribution < -0.4 is 5.32 Å². The number of aliphatic carboxylic acids is 1. The highest BCUT2D eigenvalue weighted by Crippen LogP contribution is 2.16. The topological polar surface area (TPSA) is 95.1 Å². The Balaban J connectivity index is 2.05. The number of hydrogen-bond donors (Lipinski definition) is 3. The van der Waals surface area contributed by atoms with Gasteiger partial charge in [-0.2, -0.15) is 0 Å². The third-order valence-corrected chi connectivity index (χ3v) is 3.13. The van der Waals surface area contributed by atoms with E-state index in [4.69, 9.17) is 5.11 Å². The molecule has 1 atom stereocenters. The van der Waals surface area contributed by atoms with Gasteiger partial charge >= 0.3 is 5.97 Å². The molecule has 6 heteroatoms. The zero-order valence-corrected chi connectivity index (χ0v) is 11.7. The molecule has 2 heterocycles. The van der Waals surface area contributed by atoms with Crippen molar-refractivity contribution >= 4 is 22.9 Å². The number of hydrogen-bond acceptors (Lipinski definition) is 3. The molecule has 0 aromatic carbocycles. The molecule has 0 saturated heterocycles. The largest absolute Gasteiger partial charge is 0.480 e. The van der Waals surface area contributed by atoms with Crippen LogP contribution in [0, 0.1) is 0 Å². The van der Waals surface area contributed by atoms with Crippen molar-refractivity contribution in [2.24, 2.45) is 0 Å². The summed E-state index contributed by atoms with van der Waals surface area (Å²) in [5.41, 5.74) is 1.51. The summed E-state index contributed by atoms with van der Waals surface area (Å²) in [6, 6.07) is 2.76. The van der Waals surface area contributed by atoms with E-state index in [0.717, 1.165) is 10.9 Å². The van der Waals surface area contributed by atoms with Crippen LogP contribution in [0.15, 0.2) is 36.7 Å². The van der Waals surface area contributed by atoms with Crippen molar-refractivity contribution in [1.82, 2.24) is 15.3 Å². The number of fused-ring (bicyclic) bond motifs is 1. The molecule has 0 aliphatic heterocycles. The number of nitrogens with zero attached hydrogens (tertiary/aromatic N) is 1. The van der Waals surface area contributed by atoms with E-state index < -0.39 is 12.0 Å². The average Bonchev–Trinajstić information content (AvgIpc) is 2.86. The Labute approximate surface area is 121 Å². The Bertz CT molecular complexity index is 676. The number of carbonyl (C=O) groups excluding carboxylic acids is 1. The van der Waals surface area contributed by atoms with Crippen LogP contribution in [0.1, 0.15) is 18.9 Å². The maximum Gasteiger partial charge on any atom is 0.326 e. The molecule has 0 bridgehead atoms. The van der Waals surface area contributed by atoms with Gasteiger partial charge in [-0.25, -0.2) is 9.78 Å². The highest BCUT2D eigenvalue weighted by molar-refractivity contribution is 5.89. The van der Waals surface area contributed by atoms with Gasteiger partial charge in [0.05, 0.1) is 6.42 Å². The predicted molar refractivity (Wildman–Crippen MR) is 78.8 cm³/mol. The number of rotatable bonds is 6. The van der Waals surface area contributed by atoms with Gasteiger partial charge in [0.25, 0.3) is 0 Å². The van der Waals surface area contributed by atoms with Gasteiger partial charge in [0, 0.05) is 17.8 Å². The Hall–Kier alpha value is -2.63. The summed E-state index contributed by atoms with van der Waals surface area (Å²) in [5.74, 6) is -1.36. The molecule has 21 heavy (non-hydrogen) atoms. The molecule has 0 aliphatic carbocycles. The van der Waals surface area contributed by atoms with Crippen LogP contribution in [-0.4, -0.2) is 33.0 Å². The lowest BCUT2D eigenvalue weighted by Crippen LogP contribution is -2.41. The Morgan fingerprint density at radius 3 is 3.05 bits per heavy atom. The number of amides is 1. The van der Waals surface area contributed by atoms with Crippen molar-refractivity contribution in [2.45, 2.75) is 25.8 Å². The highest BCUT2D eigenvalue weighted by atomic mass is 16.4. The van der Waals surface area contributed by atoms with E-state index in [0.29, 0.717) is 5.65 Å². The number of carboxylic acids is 1. The second-order valence-corrected chi connectivity index (χ2v) is 4.65. The first-order valence-corrected chi connectivity index (χ1v) is 6.66. The van der Waals surface area contributed by atoms with Gasteiger partial charge in [-0.1, -0.05) is 12.2 Å². The smallest absolute Gasteiger partial charge is 0.326 e. The van der Waals surface area contributed by atoms with Crippen LogP contribution in [-0.2, 0) is 16.0 Å². The minimum atomic E-state index is -1.04. The molecule has 0 spiro atoms. The molecular formula is C15H17N3O3. The van der Waals surface area contributed by atoms with E-state index in [9.17, 15) is 9.59 Å².